The predicted octanol–water partition coefficient (Wildman–Crippen LogP) is 2.62. The molecule has 3 aromatic heterocycles. The molecule has 4 heterocycles. The van der Waals surface area contributed by atoms with Crippen molar-refractivity contribution >= 4 is 33.3 Å². The van der Waals surface area contributed by atoms with Crippen molar-refractivity contribution in [2.24, 2.45) is 0 Å². The van der Waals surface area contributed by atoms with Gasteiger partial charge in [0.2, 0.25) is 16.0 Å². The van der Waals surface area contributed by atoms with E-state index in [0.717, 1.165) is 0 Å². The molecule has 0 spiro atoms. The summed E-state index contributed by atoms with van der Waals surface area (Å²) in [6, 6.07) is 3.53. The number of hydrogen-bond donors (Lipinski definition) is 2. The third-order valence-electron chi connectivity index (χ3n) is 5.74. The molecule has 0 bridgehead atoms. The van der Waals surface area contributed by atoms with Crippen LogP contribution >= 0.6 is 11.6 Å². The van der Waals surface area contributed by atoms with E-state index in [0.29, 0.717) is 33.7 Å². The number of anilines is 1. The maximum atomic E-state index is 13.5. The van der Waals surface area contributed by atoms with Crippen LogP contribution in [0.5, 0.6) is 0 Å². The van der Waals surface area contributed by atoms with Crippen LogP contribution in [0.2, 0.25) is 5.02 Å². The molecule has 0 radical (unpaired) electrons. The van der Waals surface area contributed by atoms with Gasteiger partial charge in [-0.05, 0) is 25.1 Å². The smallest absolute Gasteiger partial charge is 0.243 e. The molecule has 3 aromatic rings. The SMILES string of the molecule is COC1=C(n2c(NS(=O)(=O)[C@H](C)[C@@H](C)c3ncc(Cl)cn3)nnc2-c2cccnc2)C(OC)NC=C1. The zero-order chi connectivity index (χ0) is 25.9. The van der Waals surface area contributed by atoms with Crippen molar-refractivity contribution in [2.75, 3.05) is 18.9 Å². The van der Waals surface area contributed by atoms with E-state index in [-0.39, 0.29) is 5.95 Å². The summed E-state index contributed by atoms with van der Waals surface area (Å²) in [4.78, 5) is 12.5. The Morgan fingerprint density at radius 1 is 1.17 bits per heavy atom. The van der Waals surface area contributed by atoms with Gasteiger partial charge in [0.25, 0.3) is 0 Å². The van der Waals surface area contributed by atoms with E-state index in [4.69, 9.17) is 21.1 Å². The van der Waals surface area contributed by atoms with Gasteiger partial charge in [0, 0.05) is 49.6 Å². The van der Waals surface area contributed by atoms with Gasteiger partial charge < -0.3 is 14.8 Å². The fraction of sp³-hybridized carbons (Fsp3) is 0.318. The van der Waals surface area contributed by atoms with E-state index in [9.17, 15) is 8.42 Å². The molecule has 3 atom stereocenters. The average Bonchev–Trinajstić information content (AvgIpc) is 3.30. The number of dihydropyridines is 1. The molecule has 1 aliphatic heterocycles. The van der Waals surface area contributed by atoms with Crippen molar-refractivity contribution in [1.29, 1.82) is 0 Å². The van der Waals surface area contributed by atoms with Gasteiger partial charge >= 0.3 is 0 Å². The molecule has 0 aromatic carbocycles. The van der Waals surface area contributed by atoms with Gasteiger partial charge in [-0.1, -0.05) is 18.5 Å². The molecule has 1 aliphatic rings. The molecule has 0 saturated heterocycles. The summed E-state index contributed by atoms with van der Waals surface area (Å²) in [5, 5.41) is 10.9. The summed E-state index contributed by atoms with van der Waals surface area (Å²) >= 11 is 5.87. The van der Waals surface area contributed by atoms with Gasteiger partial charge in [0.1, 0.15) is 17.3 Å². The quantitative estimate of drug-likeness (QED) is 0.421. The Hall–Kier alpha value is -3.55. The first-order valence-electron chi connectivity index (χ1n) is 10.9. The van der Waals surface area contributed by atoms with Crippen LogP contribution < -0.4 is 10.0 Å². The normalized spacial score (nSPS) is 17.4. The maximum absolute atomic E-state index is 13.5. The lowest BCUT2D eigenvalue weighted by atomic mass is 10.1. The van der Waals surface area contributed by atoms with Crippen molar-refractivity contribution < 1.29 is 17.9 Å². The highest BCUT2D eigenvalue weighted by molar-refractivity contribution is 7.93. The first-order valence-corrected chi connectivity index (χ1v) is 12.8. The fourth-order valence-corrected chi connectivity index (χ4v) is 4.93. The Labute approximate surface area is 213 Å². The van der Waals surface area contributed by atoms with Gasteiger partial charge in [-0.2, -0.15) is 0 Å². The van der Waals surface area contributed by atoms with Crippen LogP contribution in [-0.2, 0) is 19.5 Å². The van der Waals surface area contributed by atoms with Crippen LogP contribution in [-0.4, -0.2) is 63.8 Å². The van der Waals surface area contributed by atoms with Crippen LogP contribution in [0, 0.1) is 0 Å². The molecule has 4 rings (SSSR count). The Bertz CT molecular complexity index is 1380. The zero-order valence-corrected chi connectivity index (χ0v) is 21.5. The lowest BCUT2D eigenvalue weighted by Crippen LogP contribution is -2.35. The number of nitrogens with zero attached hydrogens (tertiary/aromatic N) is 6. The predicted molar refractivity (Wildman–Crippen MR) is 134 cm³/mol. The molecule has 0 aliphatic carbocycles. The van der Waals surface area contributed by atoms with Crippen molar-refractivity contribution in [3.63, 3.8) is 0 Å². The molecular weight excluding hydrogens is 508 g/mol. The number of nitrogens with one attached hydrogen (secondary N) is 2. The number of hydrogen-bond acceptors (Lipinski definition) is 10. The number of sulfonamides is 1. The highest BCUT2D eigenvalue weighted by atomic mass is 35.5. The summed E-state index contributed by atoms with van der Waals surface area (Å²) in [5.74, 6) is 0.524. The van der Waals surface area contributed by atoms with E-state index in [2.05, 4.69) is 35.2 Å². The Morgan fingerprint density at radius 3 is 2.56 bits per heavy atom. The first kappa shape index (κ1) is 25.5. The monoisotopic (exact) mass is 532 g/mol. The Kier molecular flexibility index (Phi) is 7.52. The number of pyridine rings is 1. The van der Waals surface area contributed by atoms with Crippen molar-refractivity contribution in [3.05, 3.63) is 65.8 Å². The van der Waals surface area contributed by atoms with Gasteiger partial charge in [0.05, 0.1) is 17.4 Å². The van der Waals surface area contributed by atoms with Crippen LogP contribution in [0.3, 0.4) is 0 Å². The Balaban J connectivity index is 1.79. The second-order valence-electron chi connectivity index (χ2n) is 7.89. The molecule has 2 N–H and O–H groups in total. The molecule has 14 heteroatoms. The molecule has 190 valence electrons. The van der Waals surface area contributed by atoms with E-state index < -0.39 is 27.4 Å². The third-order valence-corrected chi connectivity index (χ3v) is 7.79. The second kappa shape index (κ2) is 10.6. The highest BCUT2D eigenvalue weighted by Gasteiger charge is 2.34. The second-order valence-corrected chi connectivity index (χ2v) is 10.4. The largest absolute Gasteiger partial charge is 0.495 e. The standard InChI is InChI=1S/C22H25ClN8O4S/c1-13(19-26-11-16(23)12-27-19)14(2)36(32,33)30-22-29-28-20(15-6-5-8-24-10-15)31(22)18-17(34-3)7-9-25-21(18)35-4/h5-14,21,25H,1-4H3,(H,29,30)/t13-,14-,21?/m1/s1. The minimum atomic E-state index is -3.99. The molecule has 1 unspecified atom stereocenters. The van der Waals surface area contributed by atoms with E-state index in [1.54, 1.807) is 50.6 Å². The minimum absolute atomic E-state index is 0.0476. The van der Waals surface area contributed by atoms with Crippen LogP contribution in [0.25, 0.3) is 17.1 Å². The third kappa shape index (κ3) is 5.03. The van der Waals surface area contributed by atoms with Gasteiger partial charge in [0.15, 0.2) is 12.1 Å². The zero-order valence-electron chi connectivity index (χ0n) is 20.0. The average molecular weight is 533 g/mol. The minimum Gasteiger partial charge on any atom is -0.495 e. The summed E-state index contributed by atoms with van der Waals surface area (Å²) in [6.45, 7) is 3.29. The molecule has 0 fully saturated rings. The number of halogens is 1. The summed E-state index contributed by atoms with van der Waals surface area (Å²) in [5.41, 5.74) is 1.06. The lowest BCUT2D eigenvalue weighted by molar-refractivity contribution is 0.122. The van der Waals surface area contributed by atoms with E-state index >= 15 is 0 Å². The van der Waals surface area contributed by atoms with Crippen molar-refractivity contribution in [1.82, 2.24) is 35.0 Å². The molecular formula is C22H25ClN8O4S. The number of rotatable bonds is 9. The highest BCUT2D eigenvalue weighted by Crippen LogP contribution is 2.32. The summed E-state index contributed by atoms with van der Waals surface area (Å²) < 4.78 is 42.2. The number of ether oxygens (including phenoxy) is 2. The number of methoxy groups -OCH3 is 2. The van der Waals surface area contributed by atoms with Gasteiger partial charge in [-0.25, -0.2) is 18.4 Å². The summed E-state index contributed by atoms with van der Waals surface area (Å²) in [7, 11) is -0.977. The first-order chi connectivity index (χ1) is 17.3. The van der Waals surface area contributed by atoms with Gasteiger partial charge in [-0.3, -0.25) is 14.3 Å². The fourth-order valence-electron chi connectivity index (χ4n) is 3.60. The topological polar surface area (TPSA) is 146 Å². The van der Waals surface area contributed by atoms with Gasteiger partial charge in [-0.15, -0.1) is 10.2 Å². The number of aromatic nitrogens is 6. The molecule has 36 heavy (non-hydrogen) atoms. The molecule has 0 saturated carbocycles. The van der Waals surface area contributed by atoms with Crippen LogP contribution in [0.1, 0.15) is 25.6 Å². The van der Waals surface area contributed by atoms with E-state index in [1.807, 2.05) is 0 Å². The molecule has 0 amide bonds. The van der Waals surface area contributed by atoms with Crippen LogP contribution in [0.15, 0.2) is 55.0 Å². The van der Waals surface area contributed by atoms with Crippen molar-refractivity contribution in [2.45, 2.75) is 31.2 Å². The van der Waals surface area contributed by atoms with E-state index in [1.165, 1.54) is 31.2 Å². The van der Waals surface area contributed by atoms with Crippen molar-refractivity contribution in [3.8, 4) is 11.4 Å². The lowest BCUT2D eigenvalue weighted by Gasteiger charge is -2.27. The Morgan fingerprint density at radius 2 is 1.92 bits per heavy atom. The summed E-state index contributed by atoms with van der Waals surface area (Å²) in [6.07, 6.45) is 8.76. The maximum Gasteiger partial charge on any atom is 0.243 e. The molecule has 12 nitrogen and oxygen atoms in total. The number of allylic oxidation sites excluding steroid dienone is 1. The van der Waals surface area contributed by atoms with Crippen LogP contribution in [0.4, 0.5) is 5.95 Å².